The first kappa shape index (κ1) is 26.2. The smallest absolute Gasteiger partial charge is 0.226 e. The summed E-state index contributed by atoms with van der Waals surface area (Å²) in [4.78, 5) is 15.3. The van der Waals surface area contributed by atoms with E-state index >= 15 is 0 Å². The summed E-state index contributed by atoms with van der Waals surface area (Å²) < 4.78 is 17.0. The first-order valence-electron chi connectivity index (χ1n) is 12.1. The molecule has 0 aromatic heterocycles. The molecule has 1 unspecified atom stereocenters. The van der Waals surface area contributed by atoms with Crippen LogP contribution in [0.4, 0.5) is 0 Å². The molecule has 0 aliphatic carbocycles. The second-order valence-corrected chi connectivity index (χ2v) is 9.64. The molecule has 0 bridgehead atoms. The second kappa shape index (κ2) is 12.9. The third kappa shape index (κ3) is 7.28. The number of ether oxygens (including phenoxy) is 3. The number of fused-ring (bicyclic) bond motifs is 1. The van der Waals surface area contributed by atoms with Crippen LogP contribution in [-0.2, 0) is 17.8 Å². The number of nitrogens with zero attached hydrogens (tertiary/aromatic N) is 1. The molecule has 1 aliphatic heterocycles. The maximum atomic E-state index is 13.4. The molecule has 0 spiro atoms. The molecule has 2 aromatic rings. The fraction of sp³-hybridized carbons (Fsp3) is 0.519. The van der Waals surface area contributed by atoms with Gasteiger partial charge in [-0.3, -0.25) is 4.79 Å². The van der Waals surface area contributed by atoms with Crippen LogP contribution in [0.15, 0.2) is 36.4 Å². The van der Waals surface area contributed by atoms with Gasteiger partial charge in [-0.25, -0.2) is 0 Å². The van der Waals surface area contributed by atoms with E-state index < -0.39 is 0 Å². The van der Waals surface area contributed by atoms with Gasteiger partial charge in [0.15, 0.2) is 11.5 Å². The Hall–Kier alpha value is -2.44. The zero-order chi connectivity index (χ0) is 24.5. The summed E-state index contributed by atoms with van der Waals surface area (Å²) in [5.74, 6) is 2.48. The van der Waals surface area contributed by atoms with Gasteiger partial charge >= 0.3 is 0 Å². The molecule has 0 saturated carbocycles. The van der Waals surface area contributed by atoms with Crippen LogP contribution >= 0.6 is 11.6 Å². The number of carbonyl (C=O) groups is 1. The number of carbonyl (C=O) groups excluding carboxylic acids is 1. The van der Waals surface area contributed by atoms with Crippen molar-refractivity contribution >= 4 is 17.5 Å². The quantitative estimate of drug-likeness (QED) is 0.453. The molecule has 1 atom stereocenters. The Bertz CT molecular complexity index is 950. The zero-order valence-corrected chi connectivity index (χ0v) is 21.5. The monoisotopic (exact) mass is 488 g/mol. The molecular formula is C27H37ClN2O4. The Morgan fingerprint density at radius 2 is 1.94 bits per heavy atom. The topological polar surface area (TPSA) is 60.0 Å². The van der Waals surface area contributed by atoms with E-state index in [1.165, 1.54) is 0 Å². The van der Waals surface area contributed by atoms with Crippen LogP contribution in [-0.4, -0.2) is 50.8 Å². The average molecular weight is 489 g/mol. The van der Waals surface area contributed by atoms with E-state index in [4.69, 9.17) is 25.8 Å². The van der Waals surface area contributed by atoms with Crippen molar-refractivity contribution in [2.24, 2.45) is 11.8 Å². The lowest BCUT2D eigenvalue weighted by Gasteiger charge is -2.28. The van der Waals surface area contributed by atoms with Gasteiger partial charge in [-0.05, 0) is 48.2 Å². The van der Waals surface area contributed by atoms with Gasteiger partial charge in [-0.1, -0.05) is 50.6 Å². The zero-order valence-electron chi connectivity index (χ0n) is 20.7. The summed E-state index contributed by atoms with van der Waals surface area (Å²) in [6, 6.07) is 11.8. The summed E-state index contributed by atoms with van der Waals surface area (Å²) in [5.41, 5.74) is 2.10. The Balaban J connectivity index is 1.60. The number of benzene rings is 2. The Morgan fingerprint density at radius 3 is 2.71 bits per heavy atom. The number of para-hydroxylation sites is 1. The molecule has 6 nitrogen and oxygen atoms in total. The minimum absolute atomic E-state index is 0.127. The summed E-state index contributed by atoms with van der Waals surface area (Å²) in [6.07, 6.45) is 1.66. The van der Waals surface area contributed by atoms with Crippen molar-refractivity contribution < 1.29 is 19.0 Å². The molecule has 1 aliphatic rings. The van der Waals surface area contributed by atoms with Crippen molar-refractivity contribution in [2.75, 3.05) is 40.0 Å². The maximum absolute atomic E-state index is 13.4. The standard InChI is InChI=1S/C27H37ClN2O4/c1-19(2)17-30(18-21-14-23(28)26-25(15-21)33-12-7-13-34-26)27(31)20(3)16-29-11-10-22-8-5-6-9-24(22)32-4/h5-6,8-9,14-15,19-20,29H,7,10-13,16-18H2,1-4H3. The molecule has 1 heterocycles. The van der Waals surface area contributed by atoms with E-state index in [2.05, 4.69) is 25.2 Å². The van der Waals surface area contributed by atoms with Crippen molar-refractivity contribution in [2.45, 2.75) is 40.2 Å². The first-order chi connectivity index (χ1) is 16.4. The SMILES string of the molecule is COc1ccccc1CCNCC(C)C(=O)N(Cc1cc(Cl)c2c(c1)OCCCO2)CC(C)C. The van der Waals surface area contributed by atoms with Gasteiger partial charge in [-0.2, -0.15) is 0 Å². The number of methoxy groups -OCH3 is 1. The fourth-order valence-electron chi connectivity index (χ4n) is 4.12. The number of rotatable bonds is 11. The van der Waals surface area contributed by atoms with E-state index in [1.807, 2.05) is 42.2 Å². The second-order valence-electron chi connectivity index (χ2n) is 9.24. The number of halogens is 1. The number of hydrogen-bond acceptors (Lipinski definition) is 5. The number of hydrogen-bond donors (Lipinski definition) is 1. The largest absolute Gasteiger partial charge is 0.496 e. The van der Waals surface area contributed by atoms with Crippen LogP contribution in [0.25, 0.3) is 0 Å². The lowest BCUT2D eigenvalue weighted by Crippen LogP contribution is -2.40. The highest BCUT2D eigenvalue weighted by Gasteiger charge is 2.23. The molecule has 2 aromatic carbocycles. The lowest BCUT2D eigenvalue weighted by molar-refractivity contribution is -0.136. The van der Waals surface area contributed by atoms with Gasteiger partial charge in [0, 0.05) is 32.0 Å². The van der Waals surface area contributed by atoms with Crippen LogP contribution in [0.3, 0.4) is 0 Å². The molecule has 1 N–H and O–H groups in total. The summed E-state index contributed by atoms with van der Waals surface area (Å²) in [7, 11) is 1.69. The Labute approximate surface area is 208 Å². The Morgan fingerprint density at radius 1 is 1.18 bits per heavy atom. The van der Waals surface area contributed by atoms with Crippen molar-refractivity contribution in [3.05, 3.63) is 52.5 Å². The highest BCUT2D eigenvalue weighted by Crippen LogP contribution is 2.38. The third-order valence-corrected chi connectivity index (χ3v) is 6.05. The van der Waals surface area contributed by atoms with E-state index in [1.54, 1.807) is 7.11 Å². The molecule has 0 radical (unpaired) electrons. The van der Waals surface area contributed by atoms with Crippen molar-refractivity contribution in [3.63, 3.8) is 0 Å². The third-order valence-electron chi connectivity index (χ3n) is 5.77. The van der Waals surface area contributed by atoms with Gasteiger partial charge in [0.2, 0.25) is 5.91 Å². The van der Waals surface area contributed by atoms with E-state index in [9.17, 15) is 4.79 Å². The van der Waals surface area contributed by atoms with Crippen molar-refractivity contribution in [1.29, 1.82) is 0 Å². The van der Waals surface area contributed by atoms with E-state index in [-0.39, 0.29) is 11.8 Å². The predicted octanol–water partition coefficient (Wildman–Crippen LogP) is 4.96. The normalized spacial score (nSPS) is 13.9. The molecule has 186 valence electrons. The minimum atomic E-state index is -0.146. The average Bonchev–Trinajstić information content (AvgIpc) is 3.06. The lowest BCUT2D eigenvalue weighted by atomic mass is 10.1. The van der Waals surface area contributed by atoms with E-state index in [0.29, 0.717) is 55.3 Å². The first-order valence-corrected chi connectivity index (χ1v) is 12.5. The van der Waals surface area contributed by atoms with Crippen LogP contribution in [0.5, 0.6) is 17.2 Å². The fourth-order valence-corrected chi connectivity index (χ4v) is 4.41. The van der Waals surface area contributed by atoms with Gasteiger partial charge in [0.05, 0.1) is 25.3 Å². The molecule has 7 heteroatoms. The van der Waals surface area contributed by atoms with Crippen molar-refractivity contribution in [1.82, 2.24) is 10.2 Å². The maximum Gasteiger partial charge on any atom is 0.226 e. The van der Waals surface area contributed by atoms with Crippen LogP contribution < -0.4 is 19.5 Å². The Kier molecular flexibility index (Phi) is 9.90. The summed E-state index contributed by atoms with van der Waals surface area (Å²) >= 11 is 6.48. The summed E-state index contributed by atoms with van der Waals surface area (Å²) in [6.45, 7) is 9.96. The number of nitrogens with one attached hydrogen (secondary N) is 1. The molecule has 0 fully saturated rings. The van der Waals surface area contributed by atoms with Gasteiger partial charge < -0.3 is 24.4 Å². The van der Waals surface area contributed by atoms with Crippen molar-refractivity contribution in [3.8, 4) is 17.2 Å². The molecule has 34 heavy (non-hydrogen) atoms. The molecule has 0 saturated heterocycles. The number of amides is 1. The van der Waals surface area contributed by atoms with Gasteiger partial charge in [0.25, 0.3) is 0 Å². The van der Waals surface area contributed by atoms with Gasteiger partial charge in [0.1, 0.15) is 5.75 Å². The minimum Gasteiger partial charge on any atom is -0.496 e. The van der Waals surface area contributed by atoms with E-state index in [0.717, 1.165) is 36.3 Å². The predicted molar refractivity (Wildman–Crippen MR) is 136 cm³/mol. The molecule has 3 rings (SSSR count). The highest BCUT2D eigenvalue weighted by atomic mass is 35.5. The molecular weight excluding hydrogens is 452 g/mol. The van der Waals surface area contributed by atoms with Crippen LogP contribution in [0, 0.1) is 11.8 Å². The highest BCUT2D eigenvalue weighted by molar-refractivity contribution is 6.32. The van der Waals surface area contributed by atoms with Crippen LogP contribution in [0.1, 0.15) is 38.3 Å². The van der Waals surface area contributed by atoms with Crippen LogP contribution in [0.2, 0.25) is 5.02 Å². The van der Waals surface area contributed by atoms with Gasteiger partial charge in [-0.15, -0.1) is 0 Å². The molecule has 1 amide bonds. The summed E-state index contributed by atoms with van der Waals surface area (Å²) in [5, 5.41) is 3.96.